The number of H-pyrrole nitrogens is 1. The quantitative estimate of drug-likeness (QED) is 0.662. The number of fused-ring (bicyclic) bond motifs is 1. The summed E-state index contributed by atoms with van der Waals surface area (Å²) in [6.07, 6.45) is -1.21. The molecule has 28 heavy (non-hydrogen) atoms. The number of hydrogen-bond donors (Lipinski definition) is 2. The van der Waals surface area contributed by atoms with Gasteiger partial charge in [-0.3, -0.25) is 19.4 Å². The number of alkyl halides is 3. The molecule has 0 fully saturated rings. The Hall–Kier alpha value is -3.11. The van der Waals surface area contributed by atoms with Crippen LogP contribution in [0, 0.1) is 13.8 Å². The predicted octanol–water partition coefficient (Wildman–Crippen LogP) is 1.65. The third kappa shape index (κ3) is 4.59. The highest BCUT2D eigenvalue weighted by Crippen LogP contribution is 2.17. The molecule has 150 valence electrons. The van der Waals surface area contributed by atoms with Gasteiger partial charge in [0, 0.05) is 42.2 Å². The molecule has 0 bridgehead atoms. The van der Waals surface area contributed by atoms with E-state index in [0.29, 0.717) is 17.6 Å². The van der Waals surface area contributed by atoms with Crippen LogP contribution in [0.3, 0.4) is 0 Å². The van der Waals surface area contributed by atoms with Gasteiger partial charge < -0.3 is 5.32 Å². The topological polar surface area (TPSA) is 97.1 Å². The molecular formula is C17H19F3N6O2. The summed E-state index contributed by atoms with van der Waals surface area (Å²) in [7, 11) is 0. The molecule has 3 aromatic rings. The van der Waals surface area contributed by atoms with E-state index in [9.17, 15) is 22.8 Å². The standard InChI is InChI=1S/C17H19F3N6O2/c1-10-13(11(2)26-14(23-10)5-16(28)24-26)3-4-15(27)21-6-12-7-22-25(8-12)9-17(18,19)20/h5,7-8H,3-4,6,9H2,1-2H3,(H,21,27)(H,24,28). The molecule has 0 saturated heterocycles. The normalized spacial score (nSPS) is 11.9. The fraction of sp³-hybridized carbons (Fsp3) is 0.412. The Morgan fingerprint density at radius 3 is 2.79 bits per heavy atom. The van der Waals surface area contributed by atoms with Gasteiger partial charge in [-0.1, -0.05) is 0 Å². The van der Waals surface area contributed by atoms with Crippen LogP contribution in [0.25, 0.3) is 5.65 Å². The van der Waals surface area contributed by atoms with Crippen LogP contribution in [0.15, 0.2) is 23.3 Å². The molecule has 11 heteroatoms. The minimum Gasteiger partial charge on any atom is -0.352 e. The second kappa shape index (κ2) is 7.49. The van der Waals surface area contributed by atoms with E-state index in [-0.39, 0.29) is 24.4 Å². The fourth-order valence-corrected chi connectivity index (χ4v) is 3.01. The van der Waals surface area contributed by atoms with Crippen LogP contribution in [0.1, 0.15) is 28.9 Å². The van der Waals surface area contributed by atoms with Crippen molar-refractivity contribution in [2.75, 3.05) is 0 Å². The van der Waals surface area contributed by atoms with Gasteiger partial charge >= 0.3 is 6.18 Å². The van der Waals surface area contributed by atoms with Gasteiger partial charge in [-0.05, 0) is 25.8 Å². The smallest absolute Gasteiger partial charge is 0.352 e. The Bertz CT molecular complexity index is 1060. The van der Waals surface area contributed by atoms with Gasteiger partial charge in [0.05, 0.1) is 6.20 Å². The number of nitrogens with zero attached hydrogens (tertiary/aromatic N) is 4. The lowest BCUT2D eigenvalue weighted by Crippen LogP contribution is -2.23. The molecule has 8 nitrogen and oxygen atoms in total. The molecule has 3 rings (SSSR count). The number of nitrogens with one attached hydrogen (secondary N) is 2. The maximum atomic E-state index is 12.3. The number of halogens is 3. The minimum atomic E-state index is -4.35. The van der Waals surface area contributed by atoms with Gasteiger partial charge in [0.15, 0.2) is 5.65 Å². The zero-order valence-electron chi connectivity index (χ0n) is 15.3. The van der Waals surface area contributed by atoms with Crippen molar-refractivity contribution in [2.45, 2.75) is 46.0 Å². The van der Waals surface area contributed by atoms with E-state index in [1.165, 1.54) is 18.5 Å². The van der Waals surface area contributed by atoms with E-state index in [1.54, 1.807) is 4.52 Å². The SMILES string of the molecule is Cc1nc2cc(=O)[nH]n2c(C)c1CCC(=O)NCc1cnn(CC(F)(F)F)c1. The van der Waals surface area contributed by atoms with Crippen molar-refractivity contribution in [1.82, 2.24) is 29.7 Å². The van der Waals surface area contributed by atoms with Gasteiger partial charge in [-0.25, -0.2) is 9.50 Å². The molecule has 0 atom stereocenters. The van der Waals surface area contributed by atoms with Crippen LogP contribution in [0.4, 0.5) is 13.2 Å². The predicted molar refractivity (Wildman–Crippen MR) is 93.7 cm³/mol. The number of hydrogen-bond acceptors (Lipinski definition) is 4. The van der Waals surface area contributed by atoms with E-state index >= 15 is 0 Å². The van der Waals surface area contributed by atoms with Gasteiger partial charge in [-0.2, -0.15) is 18.3 Å². The second-order valence-corrected chi connectivity index (χ2v) is 6.51. The Kier molecular flexibility index (Phi) is 5.25. The first kappa shape index (κ1) is 19.6. The van der Waals surface area contributed by atoms with E-state index < -0.39 is 12.7 Å². The highest BCUT2D eigenvalue weighted by Gasteiger charge is 2.28. The summed E-state index contributed by atoms with van der Waals surface area (Å²) in [5.74, 6) is -0.247. The van der Waals surface area contributed by atoms with Crippen molar-refractivity contribution < 1.29 is 18.0 Å². The summed E-state index contributed by atoms with van der Waals surface area (Å²) in [4.78, 5) is 27.9. The fourth-order valence-electron chi connectivity index (χ4n) is 3.01. The highest BCUT2D eigenvalue weighted by atomic mass is 19.4. The Labute approximate surface area is 157 Å². The van der Waals surface area contributed by atoms with Crippen LogP contribution in [-0.2, 0) is 24.3 Å². The van der Waals surface area contributed by atoms with E-state index in [0.717, 1.165) is 21.6 Å². The molecule has 0 spiro atoms. The first-order valence-electron chi connectivity index (χ1n) is 8.55. The average Bonchev–Trinajstić information content (AvgIpc) is 3.17. The first-order valence-corrected chi connectivity index (χ1v) is 8.55. The lowest BCUT2D eigenvalue weighted by atomic mass is 10.1. The number of carbonyl (C=O) groups excluding carboxylic acids is 1. The van der Waals surface area contributed by atoms with E-state index in [1.807, 2.05) is 13.8 Å². The van der Waals surface area contributed by atoms with Crippen LogP contribution in [0.5, 0.6) is 0 Å². The summed E-state index contributed by atoms with van der Waals surface area (Å²) < 4.78 is 39.4. The van der Waals surface area contributed by atoms with Crippen LogP contribution in [0.2, 0.25) is 0 Å². The van der Waals surface area contributed by atoms with Crippen LogP contribution >= 0.6 is 0 Å². The third-order valence-electron chi connectivity index (χ3n) is 4.32. The van der Waals surface area contributed by atoms with Crippen LogP contribution in [-0.4, -0.2) is 36.5 Å². The summed E-state index contributed by atoms with van der Waals surface area (Å²) in [6.45, 7) is 2.57. The molecule has 0 aliphatic rings. The molecule has 0 unspecified atom stereocenters. The van der Waals surface area contributed by atoms with Gasteiger partial charge in [0.1, 0.15) is 6.54 Å². The number of aryl methyl sites for hydroxylation is 2. The first-order chi connectivity index (χ1) is 13.1. The van der Waals surface area contributed by atoms with Crippen molar-refractivity contribution in [3.63, 3.8) is 0 Å². The Balaban J connectivity index is 1.58. The molecule has 0 aliphatic carbocycles. The lowest BCUT2D eigenvalue weighted by Gasteiger charge is -2.11. The van der Waals surface area contributed by atoms with Crippen molar-refractivity contribution >= 4 is 11.6 Å². The van der Waals surface area contributed by atoms with Gasteiger partial charge in [0.25, 0.3) is 5.56 Å². The van der Waals surface area contributed by atoms with E-state index in [2.05, 4.69) is 20.5 Å². The average molecular weight is 396 g/mol. The van der Waals surface area contributed by atoms with Crippen LogP contribution < -0.4 is 10.9 Å². The molecule has 0 radical (unpaired) electrons. The number of aromatic amines is 1. The Morgan fingerprint density at radius 1 is 1.32 bits per heavy atom. The zero-order chi connectivity index (χ0) is 20.5. The number of aromatic nitrogens is 5. The van der Waals surface area contributed by atoms with Crippen molar-refractivity contribution in [1.29, 1.82) is 0 Å². The number of amides is 1. The lowest BCUT2D eigenvalue weighted by molar-refractivity contribution is -0.142. The summed E-state index contributed by atoms with van der Waals surface area (Å²) in [5, 5.41) is 8.96. The summed E-state index contributed by atoms with van der Waals surface area (Å²) in [5.41, 5.74) is 3.13. The van der Waals surface area contributed by atoms with Gasteiger partial charge in [-0.15, -0.1) is 0 Å². The molecule has 0 aromatic carbocycles. The van der Waals surface area contributed by atoms with Gasteiger partial charge in [0.2, 0.25) is 5.91 Å². The zero-order valence-corrected chi connectivity index (χ0v) is 15.3. The number of rotatable bonds is 6. The maximum Gasteiger partial charge on any atom is 0.408 e. The number of carbonyl (C=O) groups is 1. The van der Waals surface area contributed by atoms with Crippen molar-refractivity contribution in [3.8, 4) is 0 Å². The minimum absolute atomic E-state index is 0.0941. The van der Waals surface area contributed by atoms with Crippen molar-refractivity contribution in [2.24, 2.45) is 0 Å². The van der Waals surface area contributed by atoms with Crippen molar-refractivity contribution in [3.05, 3.63) is 51.3 Å². The molecule has 2 N–H and O–H groups in total. The molecule has 3 aromatic heterocycles. The maximum absolute atomic E-state index is 12.3. The van der Waals surface area contributed by atoms with E-state index in [4.69, 9.17) is 0 Å². The second-order valence-electron chi connectivity index (χ2n) is 6.51. The molecule has 0 saturated carbocycles. The molecule has 0 aliphatic heterocycles. The summed E-state index contributed by atoms with van der Waals surface area (Å²) in [6, 6.07) is 1.40. The highest BCUT2D eigenvalue weighted by molar-refractivity contribution is 5.76. The molecular weight excluding hydrogens is 377 g/mol. The Morgan fingerprint density at radius 2 is 2.07 bits per heavy atom. The summed E-state index contributed by atoms with van der Waals surface area (Å²) >= 11 is 0. The molecule has 3 heterocycles. The monoisotopic (exact) mass is 396 g/mol. The largest absolute Gasteiger partial charge is 0.408 e. The molecule has 1 amide bonds. The third-order valence-corrected chi connectivity index (χ3v) is 4.32.